The molecule has 1 N–H and O–H groups in total. The van der Waals surface area contributed by atoms with Crippen molar-refractivity contribution in [3.05, 3.63) is 56.2 Å². The third-order valence-corrected chi connectivity index (χ3v) is 4.47. The van der Waals surface area contributed by atoms with Gasteiger partial charge in [-0.1, -0.05) is 28.1 Å². The molecule has 0 saturated carbocycles. The van der Waals surface area contributed by atoms with E-state index < -0.39 is 0 Å². The van der Waals surface area contributed by atoms with Crippen molar-refractivity contribution in [2.45, 2.75) is 26.4 Å². The van der Waals surface area contributed by atoms with E-state index in [-0.39, 0.29) is 0 Å². The Morgan fingerprint density at radius 1 is 1.35 bits per heavy atom. The van der Waals surface area contributed by atoms with E-state index in [2.05, 4.69) is 70.1 Å². The van der Waals surface area contributed by atoms with Gasteiger partial charge in [0.05, 0.1) is 0 Å². The Morgan fingerprint density at radius 2 is 2.18 bits per heavy atom. The molecule has 0 aliphatic rings. The molecule has 2 aromatic rings. The quantitative estimate of drug-likeness (QED) is 0.865. The van der Waals surface area contributed by atoms with E-state index in [4.69, 9.17) is 0 Å². The van der Waals surface area contributed by atoms with E-state index in [1.165, 1.54) is 21.2 Å². The summed E-state index contributed by atoms with van der Waals surface area (Å²) in [5.41, 5.74) is 3.98. The minimum absolute atomic E-state index is 0.408. The van der Waals surface area contributed by atoms with E-state index in [1.807, 2.05) is 0 Å². The highest BCUT2D eigenvalue weighted by atomic mass is 79.9. The lowest BCUT2D eigenvalue weighted by Crippen LogP contribution is -2.17. The van der Waals surface area contributed by atoms with Crippen molar-refractivity contribution in [3.8, 4) is 0 Å². The number of thiophene rings is 1. The van der Waals surface area contributed by atoms with Crippen molar-refractivity contribution < 1.29 is 0 Å². The van der Waals surface area contributed by atoms with E-state index in [0.29, 0.717) is 6.04 Å². The van der Waals surface area contributed by atoms with Gasteiger partial charge in [0.1, 0.15) is 0 Å². The van der Waals surface area contributed by atoms with Gasteiger partial charge in [-0.25, -0.2) is 0 Å². The molecule has 0 aliphatic heterocycles. The molecular formula is C14H16BrNS. The number of halogens is 1. The highest BCUT2D eigenvalue weighted by molar-refractivity contribution is 9.10. The Morgan fingerprint density at radius 3 is 2.82 bits per heavy atom. The summed E-state index contributed by atoms with van der Waals surface area (Å²) in [6, 6.07) is 9.07. The lowest BCUT2D eigenvalue weighted by Gasteiger charge is -2.13. The van der Waals surface area contributed by atoms with E-state index in [1.54, 1.807) is 11.3 Å². The first-order valence-corrected chi connectivity index (χ1v) is 7.41. The summed E-state index contributed by atoms with van der Waals surface area (Å²) in [6.07, 6.45) is 0. The zero-order chi connectivity index (χ0) is 12.3. The molecule has 0 saturated heterocycles. The highest BCUT2D eigenvalue weighted by Crippen LogP contribution is 2.19. The van der Waals surface area contributed by atoms with Crippen molar-refractivity contribution in [2.75, 3.05) is 0 Å². The summed E-state index contributed by atoms with van der Waals surface area (Å²) < 4.78 is 1.17. The van der Waals surface area contributed by atoms with Gasteiger partial charge in [0.25, 0.3) is 0 Å². The number of nitrogens with one attached hydrogen (secondary N) is 1. The zero-order valence-corrected chi connectivity index (χ0v) is 12.4. The molecule has 2 rings (SSSR count). The van der Waals surface area contributed by atoms with E-state index in [9.17, 15) is 0 Å². The lowest BCUT2D eigenvalue weighted by molar-refractivity contribution is 0.576. The molecule has 1 unspecified atom stereocenters. The van der Waals surface area contributed by atoms with Crippen LogP contribution in [0.4, 0.5) is 0 Å². The van der Waals surface area contributed by atoms with E-state index >= 15 is 0 Å². The minimum Gasteiger partial charge on any atom is -0.306 e. The monoisotopic (exact) mass is 309 g/mol. The first-order valence-electron chi connectivity index (χ1n) is 5.67. The molecule has 1 nitrogen and oxygen atoms in total. The van der Waals surface area contributed by atoms with Gasteiger partial charge in [-0.2, -0.15) is 11.3 Å². The smallest absolute Gasteiger partial charge is 0.0303 e. The number of hydrogen-bond acceptors (Lipinski definition) is 2. The van der Waals surface area contributed by atoms with Gasteiger partial charge in [-0.3, -0.25) is 0 Å². The van der Waals surface area contributed by atoms with Gasteiger partial charge in [0.15, 0.2) is 0 Å². The average molecular weight is 310 g/mol. The van der Waals surface area contributed by atoms with Crippen molar-refractivity contribution in [2.24, 2.45) is 0 Å². The molecule has 0 fully saturated rings. The second kappa shape index (κ2) is 5.80. The molecule has 0 aliphatic carbocycles. The number of rotatable bonds is 4. The van der Waals surface area contributed by atoms with Crippen LogP contribution in [0.2, 0.25) is 0 Å². The van der Waals surface area contributed by atoms with Crippen LogP contribution in [0.25, 0.3) is 0 Å². The van der Waals surface area contributed by atoms with Crippen LogP contribution in [0.15, 0.2) is 39.5 Å². The maximum Gasteiger partial charge on any atom is 0.0303 e. The molecule has 1 aromatic heterocycles. The van der Waals surface area contributed by atoms with Gasteiger partial charge in [-0.15, -0.1) is 0 Å². The van der Waals surface area contributed by atoms with Crippen molar-refractivity contribution in [3.63, 3.8) is 0 Å². The van der Waals surface area contributed by atoms with Crippen LogP contribution in [0.3, 0.4) is 0 Å². The maximum absolute atomic E-state index is 3.54. The molecule has 17 heavy (non-hydrogen) atoms. The molecule has 0 bridgehead atoms. The van der Waals surface area contributed by atoms with Crippen LogP contribution < -0.4 is 5.32 Å². The van der Waals surface area contributed by atoms with Crippen LogP contribution >= 0.6 is 27.3 Å². The largest absolute Gasteiger partial charge is 0.306 e. The topological polar surface area (TPSA) is 12.0 Å². The first kappa shape index (κ1) is 12.8. The summed E-state index contributed by atoms with van der Waals surface area (Å²) in [5, 5.41) is 7.86. The van der Waals surface area contributed by atoms with E-state index in [0.717, 1.165) is 6.54 Å². The summed E-state index contributed by atoms with van der Waals surface area (Å²) in [6.45, 7) is 5.23. The maximum atomic E-state index is 3.54. The van der Waals surface area contributed by atoms with Gasteiger partial charge < -0.3 is 5.32 Å². The Balaban J connectivity index is 1.96. The van der Waals surface area contributed by atoms with Gasteiger partial charge in [-0.05, 0) is 53.4 Å². The van der Waals surface area contributed by atoms with Gasteiger partial charge >= 0.3 is 0 Å². The predicted molar refractivity (Wildman–Crippen MR) is 78.5 cm³/mol. The first-order chi connectivity index (χ1) is 8.16. The molecule has 0 radical (unpaired) electrons. The predicted octanol–water partition coefficient (Wildman–Crippen LogP) is 4.67. The second-order valence-corrected chi connectivity index (χ2v) is 5.88. The normalized spacial score (nSPS) is 12.6. The fourth-order valence-corrected chi connectivity index (χ4v) is 2.73. The minimum atomic E-state index is 0.408. The average Bonchev–Trinajstić information content (AvgIpc) is 2.84. The second-order valence-electron chi connectivity index (χ2n) is 4.24. The fraction of sp³-hybridized carbons (Fsp3) is 0.286. The molecule has 90 valence electrons. The highest BCUT2D eigenvalue weighted by Gasteiger charge is 2.05. The van der Waals surface area contributed by atoms with Crippen LogP contribution in [-0.2, 0) is 6.54 Å². The third kappa shape index (κ3) is 3.41. The van der Waals surface area contributed by atoms with Crippen LogP contribution in [0, 0.1) is 6.92 Å². The Labute approximate surface area is 115 Å². The lowest BCUT2D eigenvalue weighted by atomic mass is 10.1. The Kier molecular flexibility index (Phi) is 4.37. The van der Waals surface area contributed by atoms with Crippen molar-refractivity contribution in [1.82, 2.24) is 5.32 Å². The fourth-order valence-electron chi connectivity index (χ4n) is 1.73. The molecule has 1 aromatic carbocycles. The third-order valence-electron chi connectivity index (χ3n) is 2.88. The molecule has 1 heterocycles. The number of benzene rings is 1. The van der Waals surface area contributed by atoms with Crippen LogP contribution in [0.5, 0.6) is 0 Å². The zero-order valence-electron chi connectivity index (χ0n) is 10.0. The summed E-state index contributed by atoms with van der Waals surface area (Å²) in [7, 11) is 0. The molecule has 0 spiro atoms. The number of hydrogen-bond donors (Lipinski definition) is 1. The van der Waals surface area contributed by atoms with Crippen molar-refractivity contribution >= 4 is 27.3 Å². The van der Waals surface area contributed by atoms with Gasteiger partial charge in [0, 0.05) is 17.1 Å². The van der Waals surface area contributed by atoms with Crippen molar-refractivity contribution in [1.29, 1.82) is 0 Å². The SMILES string of the molecule is Cc1cc(CNC(C)c2ccsc2)ccc1Br. The summed E-state index contributed by atoms with van der Waals surface area (Å²) >= 11 is 5.27. The van der Waals surface area contributed by atoms with Crippen LogP contribution in [0.1, 0.15) is 29.7 Å². The molecule has 1 atom stereocenters. The summed E-state index contributed by atoms with van der Waals surface area (Å²) in [4.78, 5) is 0. The number of aryl methyl sites for hydroxylation is 1. The molecular weight excluding hydrogens is 294 g/mol. The Bertz CT molecular complexity index is 479. The Hall–Kier alpha value is -0.640. The van der Waals surface area contributed by atoms with Crippen LogP contribution in [-0.4, -0.2) is 0 Å². The standard InChI is InChI=1S/C14H16BrNS/c1-10-7-12(3-4-14(10)15)8-16-11(2)13-5-6-17-9-13/h3-7,9,11,16H,8H2,1-2H3. The van der Waals surface area contributed by atoms with Gasteiger partial charge in [0.2, 0.25) is 0 Å². The summed E-state index contributed by atoms with van der Waals surface area (Å²) in [5.74, 6) is 0. The molecule has 3 heteroatoms. The molecule has 0 amide bonds.